The zero-order chi connectivity index (χ0) is 12.0. The molecule has 0 aliphatic rings. The summed E-state index contributed by atoms with van der Waals surface area (Å²) in [6.45, 7) is 4.32. The fourth-order valence-electron chi connectivity index (χ4n) is 1.31. The molecule has 0 fully saturated rings. The Bertz CT molecular complexity index is 338. The quantitative estimate of drug-likeness (QED) is 0.796. The molecule has 16 heavy (non-hydrogen) atoms. The molecule has 1 unspecified atom stereocenters. The van der Waals surface area contributed by atoms with Crippen LogP contribution in [-0.4, -0.2) is 28.6 Å². The van der Waals surface area contributed by atoms with Gasteiger partial charge in [0, 0.05) is 6.54 Å². The van der Waals surface area contributed by atoms with Gasteiger partial charge in [-0.3, -0.25) is 4.79 Å². The minimum Gasteiger partial charge on any atom is -0.391 e. The smallest absolute Gasteiger partial charge is 0.263 e. The monoisotopic (exact) mass is 242 g/mol. The molecule has 90 valence electrons. The molecule has 0 spiro atoms. The lowest BCUT2D eigenvalue weighted by Crippen LogP contribution is -2.31. The molecule has 1 atom stereocenters. The van der Waals surface area contributed by atoms with Crippen molar-refractivity contribution in [1.29, 1.82) is 0 Å². The van der Waals surface area contributed by atoms with E-state index < -0.39 is 6.10 Å². The molecule has 0 radical (unpaired) electrons. The molecule has 0 aliphatic carbocycles. The summed E-state index contributed by atoms with van der Waals surface area (Å²) in [5.41, 5.74) is 0. The molecular formula is C11H18N2O2S. The van der Waals surface area contributed by atoms with E-state index in [0.717, 1.165) is 17.8 Å². The van der Waals surface area contributed by atoms with Gasteiger partial charge in [0.05, 0.1) is 17.3 Å². The van der Waals surface area contributed by atoms with Crippen molar-refractivity contribution >= 4 is 17.2 Å². The van der Waals surface area contributed by atoms with E-state index in [-0.39, 0.29) is 5.91 Å². The number of thiazole rings is 1. The molecular weight excluding hydrogens is 224 g/mol. The van der Waals surface area contributed by atoms with Crippen molar-refractivity contribution in [2.45, 2.75) is 39.2 Å². The largest absolute Gasteiger partial charge is 0.391 e. The lowest BCUT2D eigenvalue weighted by Gasteiger charge is -2.09. The number of hydrogen-bond acceptors (Lipinski definition) is 4. The third-order valence-electron chi connectivity index (χ3n) is 2.20. The Balaban J connectivity index is 2.40. The zero-order valence-electron chi connectivity index (χ0n) is 9.69. The summed E-state index contributed by atoms with van der Waals surface area (Å²) in [5.74, 6) is -0.146. The van der Waals surface area contributed by atoms with Crippen molar-refractivity contribution in [3.8, 4) is 0 Å². The average Bonchev–Trinajstić information content (AvgIpc) is 2.75. The normalized spacial score (nSPS) is 12.4. The summed E-state index contributed by atoms with van der Waals surface area (Å²) in [6, 6.07) is 0. The predicted octanol–water partition coefficient (Wildman–Crippen LogP) is 1.60. The number of aromatic nitrogens is 1. The molecule has 0 aliphatic heterocycles. The van der Waals surface area contributed by atoms with Crippen molar-refractivity contribution in [1.82, 2.24) is 10.3 Å². The van der Waals surface area contributed by atoms with E-state index in [9.17, 15) is 9.90 Å². The van der Waals surface area contributed by atoms with Crippen LogP contribution < -0.4 is 5.32 Å². The van der Waals surface area contributed by atoms with E-state index in [1.165, 1.54) is 11.3 Å². The third kappa shape index (κ3) is 3.90. The number of nitrogens with zero attached hydrogens (tertiary/aromatic N) is 1. The van der Waals surface area contributed by atoms with E-state index in [1.807, 2.05) is 13.8 Å². The summed E-state index contributed by atoms with van der Waals surface area (Å²) in [7, 11) is 0. The molecule has 0 aromatic carbocycles. The highest BCUT2D eigenvalue weighted by molar-refractivity contribution is 7.13. The lowest BCUT2D eigenvalue weighted by molar-refractivity contribution is 0.0914. The maximum absolute atomic E-state index is 11.6. The predicted molar refractivity (Wildman–Crippen MR) is 64.7 cm³/mol. The van der Waals surface area contributed by atoms with Gasteiger partial charge in [0.2, 0.25) is 0 Å². The minimum atomic E-state index is -0.451. The van der Waals surface area contributed by atoms with E-state index in [1.54, 1.807) is 6.20 Å². The summed E-state index contributed by atoms with van der Waals surface area (Å²) in [6.07, 6.45) is 3.61. The number of aryl methyl sites for hydroxylation is 1. The van der Waals surface area contributed by atoms with Crippen LogP contribution in [-0.2, 0) is 6.42 Å². The van der Waals surface area contributed by atoms with Crippen LogP contribution in [0, 0.1) is 0 Å². The number of hydrogen-bond donors (Lipinski definition) is 2. The Kier molecular flexibility index (Phi) is 5.42. The van der Waals surface area contributed by atoms with Crippen molar-refractivity contribution in [3.05, 3.63) is 16.1 Å². The van der Waals surface area contributed by atoms with Crippen molar-refractivity contribution in [2.75, 3.05) is 6.54 Å². The average molecular weight is 242 g/mol. The highest BCUT2D eigenvalue weighted by Crippen LogP contribution is 2.12. The van der Waals surface area contributed by atoms with Crippen LogP contribution in [0.25, 0.3) is 0 Å². The molecule has 1 amide bonds. The second kappa shape index (κ2) is 6.60. The van der Waals surface area contributed by atoms with Crippen LogP contribution in [0.3, 0.4) is 0 Å². The molecule has 1 rings (SSSR count). The Morgan fingerprint density at radius 1 is 1.62 bits per heavy atom. The fourth-order valence-corrected chi connectivity index (χ4v) is 2.09. The number of carbonyl (C=O) groups excluding carboxylic acids is 1. The number of rotatable bonds is 6. The minimum absolute atomic E-state index is 0.146. The Morgan fingerprint density at radius 2 is 2.38 bits per heavy atom. The second-order valence-corrected chi connectivity index (χ2v) is 4.74. The number of amides is 1. The highest BCUT2D eigenvalue weighted by atomic mass is 32.1. The summed E-state index contributed by atoms with van der Waals surface area (Å²) < 4.78 is 0. The van der Waals surface area contributed by atoms with Crippen LogP contribution in [0.4, 0.5) is 0 Å². The van der Waals surface area contributed by atoms with E-state index >= 15 is 0 Å². The molecule has 1 heterocycles. The Hall–Kier alpha value is -0.940. The lowest BCUT2D eigenvalue weighted by atomic mass is 10.2. The van der Waals surface area contributed by atoms with Crippen LogP contribution >= 0.6 is 11.3 Å². The first kappa shape index (κ1) is 13.1. The number of aliphatic hydroxyl groups is 1. The number of carbonyl (C=O) groups is 1. The van der Waals surface area contributed by atoms with Gasteiger partial charge in [-0.1, -0.05) is 20.3 Å². The standard InChI is InChI=1S/C11H18N2O2S/c1-3-5-8(14)6-13-11(15)9-7-12-10(4-2)16-9/h7-8,14H,3-6H2,1-2H3,(H,13,15). The van der Waals surface area contributed by atoms with Crippen molar-refractivity contribution in [2.24, 2.45) is 0 Å². The van der Waals surface area contributed by atoms with E-state index in [0.29, 0.717) is 17.8 Å². The Labute approximate surface area is 99.7 Å². The van der Waals surface area contributed by atoms with Gasteiger partial charge in [-0.25, -0.2) is 4.98 Å². The van der Waals surface area contributed by atoms with Gasteiger partial charge >= 0.3 is 0 Å². The molecule has 0 saturated carbocycles. The Morgan fingerprint density at radius 3 is 2.94 bits per heavy atom. The fraction of sp³-hybridized carbons (Fsp3) is 0.636. The first-order valence-corrected chi connectivity index (χ1v) is 6.40. The molecule has 1 aromatic rings. The molecule has 1 aromatic heterocycles. The van der Waals surface area contributed by atoms with Crippen LogP contribution in [0.5, 0.6) is 0 Å². The van der Waals surface area contributed by atoms with Gasteiger partial charge in [-0.2, -0.15) is 0 Å². The van der Waals surface area contributed by atoms with Crippen molar-refractivity contribution < 1.29 is 9.90 Å². The third-order valence-corrected chi connectivity index (χ3v) is 3.34. The molecule has 2 N–H and O–H groups in total. The topological polar surface area (TPSA) is 62.2 Å². The van der Waals surface area contributed by atoms with Gasteiger partial charge in [0.15, 0.2) is 0 Å². The van der Waals surface area contributed by atoms with Gasteiger partial charge < -0.3 is 10.4 Å². The highest BCUT2D eigenvalue weighted by Gasteiger charge is 2.11. The van der Waals surface area contributed by atoms with E-state index in [4.69, 9.17) is 0 Å². The number of aliphatic hydroxyl groups excluding tert-OH is 1. The zero-order valence-corrected chi connectivity index (χ0v) is 10.5. The first-order valence-electron chi connectivity index (χ1n) is 5.58. The maximum atomic E-state index is 11.6. The first-order chi connectivity index (χ1) is 7.67. The SMILES string of the molecule is CCCC(O)CNC(=O)c1cnc(CC)s1. The molecule has 0 saturated heterocycles. The molecule has 5 heteroatoms. The van der Waals surface area contributed by atoms with Gasteiger partial charge in [-0.15, -0.1) is 11.3 Å². The summed E-state index contributed by atoms with van der Waals surface area (Å²) >= 11 is 1.40. The van der Waals surface area contributed by atoms with Crippen LogP contribution in [0.15, 0.2) is 6.20 Å². The maximum Gasteiger partial charge on any atom is 0.263 e. The van der Waals surface area contributed by atoms with Gasteiger partial charge in [0.1, 0.15) is 4.88 Å². The van der Waals surface area contributed by atoms with E-state index in [2.05, 4.69) is 10.3 Å². The summed E-state index contributed by atoms with van der Waals surface area (Å²) in [5, 5.41) is 13.1. The summed E-state index contributed by atoms with van der Waals surface area (Å²) in [4.78, 5) is 16.4. The molecule has 4 nitrogen and oxygen atoms in total. The second-order valence-electron chi connectivity index (χ2n) is 3.62. The number of nitrogens with one attached hydrogen (secondary N) is 1. The van der Waals surface area contributed by atoms with Crippen molar-refractivity contribution in [3.63, 3.8) is 0 Å². The van der Waals surface area contributed by atoms with Gasteiger partial charge in [-0.05, 0) is 12.8 Å². The van der Waals surface area contributed by atoms with Crippen LogP contribution in [0.2, 0.25) is 0 Å². The van der Waals surface area contributed by atoms with Crippen LogP contribution in [0.1, 0.15) is 41.4 Å². The van der Waals surface area contributed by atoms with Gasteiger partial charge in [0.25, 0.3) is 5.91 Å². The molecule has 0 bridgehead atoms.